The van der Waals surface area contributed by atoms with Gasteiger partial charge in [-0.15, -0.1) is 0 Å². The van der Waals surface area contributed by atoms with Crippen molar-refractivity contribution < 1.29 is 5.11 Å². The fourth-order valence-electron chi connectivity index (χ4n) is 1.75. The van der Waals surface area contributed by atoms with Crippen LogP contribution in [0.2, 0.25) is 0 Å². The van der Waals surface area contributed by atoms with Crippen LogP contribution in [0.1, 0.15) is 30.9 Å². The lowest BCUT2D eigenvalue weighted by molar-refractivity contribution is 0.181. The van der Waals surface area contributed by atoms with Crippen LogP contribution >= 0.6 is 0 Å². The molecule has 0 unspecified atom stereocenters. The third-order valence-corrected chi connectivity index (χ3v) is 2.41. The smallest absolute Gasteiger partial charge is 0.0618 e. The lowest BCUT2D eigenvalue weighted by atomic mass is 10.1. The molecule has 3 nitrogen and oxygen atoms in total. The summed E-state index contributed by atoms with van der Waals surface area (Å²) in [5.74, 6) is 0.425. The monoisotopic (exact) mass is 164 g/mol. The molecule has 1 fully saturated rings. The van der Waals surface area contributed by atoms with Crippen molar-refractivity contribution in [3.05, 3.63) is 24.3 Å². The van der Waals surface area contributed by atoms with Crippen LogP contribution in [0.15, 0.2) is 18.6 Å². The first-order valence-electron chi connectivity index (χ1n) is 4.30. The highest BCUT2D eigenvalue weighted by Crippen LogP contribution is 2.32. The summed E-state index contributed by atoms with van der Waals surface area (Å²) in [5.41, 5.74) is 1.02. The summed E-state index contributed by atoms with van der Waals surface area (Å²) in [6, 6.07) is 0. The van der Waals surface area contributed by atoms with E-state index in [1.165, 1.54) is 0 Å². The minimum Gasteiger partial charge on any atom is -0.393 e. The minimum atomic E-state index is -0.128. The molecule has 2 atom stereocenters. The Bertz CT molecular complexity index is 250. The van der Waals surface area contributed by atoms with Gasteiger partial charge >= 0.3 is 0 Å². The van der Waals surface area contributed by atoms with E-state index in [9.17, 15) is 5.11 Å². The van der Waals surface area contributed by atoms with E-state index >= 15 is 0 Å². The molecule has 0 amide bonds. The third kappa shape index (κ3) is 1.46. The molecule has 64 valence electrons. The quantitative estimate of drug-likeness (QED) is 0.676. The largest absolute Gasteiger partial charge is 0.393 e. The summed E-state index contributed by atoms with van der Waals surface area (Å²) in [4.78, 5) is 8.23. The molecule has 3 heteroatoms. The maximum atomic E-state index is 9.31. The van der Waals surface area contributed by atoms with Gasteiger partial charge in [-0.3, -0.25) is 9.97 Å². The summed E-state index contributed by atoms with van der Waals surface area (Å²) >= 11 is 0. The molecule has 1 aromatic heterocycles. The van der Waals surface area contributed by atoms with Crippen molar-refractivity contribution in [2.24, 2.45) is 0 Å². The van der Waals surface area contributed by atoms with Crippen LogP contribution in [0.5, 0.6) is 0 Å². The molecule has 0 radical (unpaired) electrons. The number of nitrogens with zero attached hydrogens (tertiary/aromatic N) is 2. The van der Waals surface area contributed by atoms with Crippen LogP contribution in [0.4, 0.5) is 0 Å². The van der Waals surface area contributed by atoms with Crippen molar-refractivity contribution >= 4 is 0 Å². The predicted octanol–water partition coefficient (Wildman–Crippen LogP) is 1.10. The first-order chi connectivity index (χ1) is 5.86. The molecule has 0 spiro atoms. The normalized spacial score (nSPS) is 29.1. The molecule has 1 aliphatic rings. The van der Waals surface area contributed by atoms with E-state index in [4.69, 9.17) is 0 Å². The molecular formula is C9H12N2O. The van der Waals surface area contributed by atoms with Crippen LogP contribution < -0.4 is 0 Å². The van der Waals surface area contributed by atoms with Gasteiger partial charge in [0.2, 0.25) is 0 Å². The first kappa shape index (κ1) is 7.68. The van der Waals surface area contributed by atoms with Gasteiger partial charge in [0.1, 0.15) is 0 Å². The van der Waals surface area contributed by atoms with E-state index in [0.717, 1.165) is 25.0 Å². The molecular weight excluding hydrogens is 152 g/mol. The van der Waals surface area contributed by atoms with Crippen molar-refractivity contribution in [2.75, 3.05) is 0 Å². The Balaban J connectivity index is 2.11. The lowest BCUT2D eigenvalue weighted by Crippen LogP contribution is -2.01. The zero-order chi connectivity index (χ0) is 8.39. The Kier molecular flexibility index (Phi) is 2.04. The standard InChI is InChI=1S/C9H12N2O/c12-8-2-1-7(5-8)9-6-10-3-4-11-9/h3-4,6-8,12H,1-2,5H2/t7-,8-/m1/s1. The number of aromatic nitrogens is 2. The summed E-state index contributed by atoms with van der Waals surface area (Å²) in [6.07, 6.45) is 7.84. The summed E-state index contributed by atoms with van der Waals surface area (Å²) < 4.78 is 0. The van der Waals surface area contributed by atoms with Gasteiger partial charge in [-0.25, -0.2) is 0 Å². The molecule has 1 aliphatic carbocycles. The van der Waals surface area contributed by atoms with Gasteiger partial charge in [0.15, 0.2) is 0 Å². The van der Waals surface area contributed by atoms with Crippen LogP contribution in [0.25, 0.3) is 0 Å². The van der Waals surface area contributed by atoms with Crippen molar-refractivity contribution in [1.82, 2.24) is 9.97 Å². The summed E-state index contributed by atoms with van der Waals surface area (Å²) in [7, 11) is 0. The number of rotatable bonds is 1. The van der Waals surface area contributed by atoms with Crippen LogP contribution in [-0.2, 0) is 0 Å². The maximum absolute atomic E-state index is 9.31. The van der Waals surface area contributed by atoms with E-state index in [1.807, 2.05) is 0 Å². The van der Waals surface area contributed by atoms with Crippen molar-refractivity contribution in [2.45, 2.75) is 31.3 Å². The SMILES string of the molecule is O[C@@H]1CC[C@@H](c2cnccn2)C1. The molecule has 12 heavy (non-hydrogen) atoms. The number of hydrogen-bond acceptors (Lipinski definition) is 3. The number of hydrogen-bond donors (Lipinski definition) is 1. The molecule has 1 saturated carbocycles. The Morgan fingerprint density at radius 1 is 1.33 bits per heavy atom. The van der Waals surface area contributed by atoms with E-state index < -0.39 is 0 Å². The molecule has 1 heterocycles. The average Bonchev–Trinajstić information content (AvgIpc) is 2.54. The molecule has 0 bridgehead atoms. The van der Waals surface area contributed by atoms with Gasteiger partial charge in [0, 0.05) is 24.5 Å². The fraction of sp³-hybridized carbons (Fsp3) is 0.556. The minimum absolute atomic E-state index is 0.128. The van der Waals surface area contributed by atoms with Crippen molar-refractivity contribution in [3.63, 3.8) is 0 Å². The third-order valence-electron chi connectivity index (χ3n) is 2.41. The number of aliphatic hydroxyl groups excluding tert-OH is 1. The molecule has 2 rings (SSSR count). The Labute approximate surface area is 71.5 Å². The van der Waals surface area contributed by atoms with Gasteiger partial charge in [-0.05, 0) is 19.3 Å². The van der Waals surface area contributed by atoms with Crippen LogP contribution in [0, 0.1) is 0 Å². The van der Waals surface area contributed by atoms with Gasteiger partial charge < -0.3 is 5.11 Å². The summed E-state index contributed by atoms with van der Waals surface area (Å²) in [6.45, 7) is 0. The van der Waals surface area contributed by atoms with E-state index in [1.54, 1.807) is 18.6 Å². The second-order valence-electron chi connectivity index (χ2n) is 3.29. The molecule has 0 saturated heterocycles. The highest BCUT2D eigenvalue weighted by Gasteiger charge is 2.24. The van der Waals surface area contributed by atoms with Gasteiger partial charge in [0.25, 0.3) is 0 Å². The van der Waals surface area contributed by atoms with E-state index in [2.05, 4.69) is 9.97 Å². The first-order valence-corrected chi connectivity index (χ1v) is 4.30. The van der Waals surface area contributed by atoms with Crippen molar-refractivity contribution in [3.8, 4) is 0 Å². The maximum Gasteiger partial charge on any atom is 0.0618 e. The Morgan fingerprint density at radius 2 is 2.25 bits per heavy atom. The predicted molar refractivity (Wildman–Crippen MR) is 44.6 cm³/mol. The fourth-order valence-corrected chi connectivity index (χ4v) is 1.75. The van der Waals surface area contributed by atoms with E-state index in [-0.39, 0.29) is 6.10 Å². The van der Waals surface area contributed by atoms with Gasteiger partial charge in [-0.2, -0.15) is 0 Å². The molecule has 1 aromatic rings. The highest BCUT2D eigenvalue weighted by molar-refractivity contribution is 5.06. The van der Waals surface area contributed by atoms with E-state index in [0.29, 0.717) is 5.92 Å². The Morgan fingerprint density at radius 3 is 2.83 bits per heavy atom. The zero-order valence-electron chi connectivity index (χ0n) is 6.85. The zero-order valence-corrected chi connectivity index (χ0v) is 6.85. The lowest BCUT2D eigenvalue weighted by Gasteiger charge is -2.06. The average molecular weight is 164 g/mol. The topological polar surface area (TPSA) is 46.0 Å². The molecule has 0 aromatic carbocycles. The van der Waals surface area contributed by atoms with Crippen LogP contribution in [0.3, 0.4) is 0 Å². The molecule has 0 aliphatic heterocycles. The number of aliphatic hydroxyl groups is 1. The van der Waals surface area contributed by atoms with Gasteiger partial charge in [0.05, 0.1) is 11.8 Å². The van der Waals surface area contributed by atoms with Crippen molar-refractivity contribution in [1.29, 1.82) is 0 Å². The van der Waals surface area contributed by atoms with Gasteiger partial charge in [-0.1, -0.05) is 0 Å². The highest BCUT2D eigenvalue weighted by atomic mass is 16.3. The molecule has 1 N–H and O–H groups in total. The second-order valence-corrected chi connectivity index (χ2v) is 3.29. The Hall–Kier alpha value is -0.960. The summed E-state index contributed by atoms with van der Waals surface area (Å²) in [5, 5.41) is 9.31. The second kappa shape index (κ2) is 3.19. The van der Waals surface area contributed by atoms with Crippen LogP contribution in [-0.4, -0.2) is 21.2 Å².